The quantitative estimate of drug-likeness (QED) is 0.874. The molecule has 1 aliphatic heterocycles. The summed E-state index contributed by atoms with van der Waals surface area (Å²) in [5, 5.41) is 0. The number of benzene rings is 1. The van der Waals surface area contributed by atoms with Gasteiger partial charge in [0.1, 0.15) is 18.5 Å². The molecular weight excluding hydrogens is 317 g/mol. The van der Waals surface area contributed by atoms with Crippen LogP contribution in [0, 0.1) is 5.82 Å². The van der Waals surface area contributed by atoms with Crippen LogP contribution in [0.25, 0.3) is 0 Å². The molecule has 1 aromatic carbocycles. The van der Waals surface area contributed by atoms with E-state index in [0.717, 1.165) is 10.1 Å². The number of halogens is 1. The number of carbonyl (C=O) groups excluding carboxylic acids is 1. The maximum Gasteiger partial charge on any atom is 0.328 e. The molecule has 8 heteroatoms. The second-order valence-electron chi connectivity index (χ2n) is 5.49. The minimum absolute atomic E-state index is 0.161. The molecule has 1 aliphatic rings. The summed E-state index contributed by atoms with van der Waals surface area (Å²) < 4.78 is 19.8. The van der Waals surface area contributed by atoms with Crippen molar-refractivity contribution < 1.29 is 13.9 Å². The standard InChI is InChI=1S/C16H16FN3O4/c17-12-3-1-11(2-4-12)13-9-19(7-8-24-13)15(22)10-20-6-5-14(21)18-16(20)23/h1-6,13H,7-10H2,(H,18,21,23)/t13-/m1/s1. The van der Waals surface area contributed by atoms with E-state index in [4.69, 9.17) is 4.74 Å². The van der Waals surface area contributed by atoms with Crippen LogP contribution in [-0.4, -0.2) is 40.1 Å². The van der Waals surface area contributed by atoms with Crippen molar-refractivity contribution in [3.8, 4) is 0 Å². The highest BCUT2D eigenvalue weighted by atomic mass is 19.1. The average molecular weight is 333 g/mol. The number of aromatic nitrogens is 2. The number of nitrogens with one attached hydrogen (secondary N) is 1. The zero-order chi connectivity index (χ0) is 17.1. The van der Waals surface area contributed by atoms with Crippen molar-refractivity contribution in [2.24, 2.45) is 0 Å². The van der Waals surface area contributed by atoms with Gasteiger partial charge in [0, 0.05) is 18.8 Å². The van der Waals surface area contributed by atoms with Crippen LogP contribution < -0.4 is 11.2 Å². The first-order valence-electron chi connectivity index (χ1n) is 7.47. The molecule has 7 nitrogen and oxygen atoms in total. The highest BCUT2D eigenvalue weighted by Gasteiger charge is 2.25. The van der Waals surface area contributed by atoms with Crippen molar-refractivity contribution >= 4 is 5.91 Å². The van der Waals surface area contributed by atoms with Crippen LogP contribution in [0.4, 0.5) is 4.39 Å². The molecule has 1 N–H and O–H groups in total. The van der Waals surface area contributed by atoms with Gasteiger partial charge in [0.05, 0.1) is 13.2 Å². The molecule has 1 fully saturated rings. The predicted octanol–water partition coefficient (Wildman–Crippen LogP) is 0.276. The number of rotatable bonds is 3. The third-order valence-corrected chi connectivity index (χ3v) is 3.86. The first kappa shape index (κ1) is 16.1. The fourth-order valence-electron chi connectivity index (χ4n) is 2.57. The topological polar surface area (TPSA) is 84.4 Å². The summed E-state index contributed by atoms with van der Waals surface area (Å²) in [6, 6.07) is 7.13. The van der Waals surface area contributed by atoms with E-state index in [1.807, 2.05) is 0 Å². The van der Waals surface area contributed by atoms with Gasteiger partial charge >= 0.3 is 5.69 Å². The lowest BCUT2D eigenvalue weighted by atomic mass is 10.1. The molecule has 1 aromatic heterocycles. The second kappa shape index (κ2) is 6.79. The Hall–Kier alpha value is -2.74. The largest absolute Gasteiger partial charge is 0.370 e. The first-order valence-corrected chi connectivity index (χ1v) is 7.47. The lowest BCUT2D eigenvalue weighted by Crippen LogP contribution is -2.45. The van der Waals surface area contributed by atoms with Gasteiger partial charge in [-0.25, -0.2) is 9.18 Å². The molecule has 2 aromatic rings. The van der Waals surface area contributed by atoms with Crippen molar-refractivity contribution in [1.82, 2.24) is 14.5 Å². The molecule has 1 saturated heterocycles. The van der Waals surface area contributed by atoms with Gasteiger partial charge in [-0.3, -0.25) is 19.1 Å². The van der Waals surface area contributed by atoms with Crippen molar-refractivity contribution in [1.29, 1.82) is 0 Å². The number of H-pyrrole nitrogens is 1. The van der Waals surface area contributed by atoms with Crippen LogP contribution in [0.3, 0.4) is 0 Å². The third kappa shape index (κ3) is 3.60. The van der Waals surface area contributed by atoms with Gasteiger partial charge in [0.2, 0.25) is 5.91 Å². The summed E-state index contributed by atoms with van der Waals surface area (Å²) >= 11 is 0. The van der Waals surface area contributed by atoms with Crippen molar-refractivity contribution in [3.05, 3.63) is 68.7 Å². The van der Waals surface area contributed by atoms with E-state index in [0.29, 0.717) is 19.7 Å². The molecule has 0 spiro atoms. The fraction of sp³-hybridized carbons (Fsp3) is 0.312. The van der Waals surface area contributed by atoms with Gasteiger partial charge in [-0.1, -0.05) is 12.1 Å². The SMILES string of the molecule is O=C(Cn1ccc(=O)[nH]c1=O)N1CCO[C@@H](c2ccc(F)cc2)C1. The van der Waals surface area contributed by atoms with E-state index in [2.05, 4.69) is 4.98 Å². The molecular formula is C16H16FN3O4. The van der Waals surface area contributed by atoms with Crippen molar-refractivity contribution in [2.75, 3.05) is 19.7 Å². The van der Waals surface area contributed by atoms with Gasteiger partial charge in [-0.05, 0) is 17.7 Å². The van der Waals surface area contributed by atoms with E-state index < -0.39 is 11.2 Å². The van der Waals surface area contributed by atoms with Crippen LogP contribution in [-0.2, 0) is 16.1 Å². The Bertz CT molecular complexity index is 843. The zero-order valence-corrected chi connectivity index (χ0v) is 12.8. The molecule has 0 radical (unpaired) electrons. The van der Waals surface area contributed by atoms with Crippen molar-refractivity contribution in [3.63, 3.8) is 0 Å². The summed E-state index contributed by atoms with van der Waals surface area (Å²) in [4.78, 5) is 38.8. The molecule has 126 valence electrons. The lowest BCUT2D eigenvalue weighted by molar-refractivity contribution is -0.139. The zero-order valence-electron chi connectivity index (χ0n) is 12.8. The molecule has 0 saturated carbocycles. The predicted molar refractivity (Wildman–Crippen MR) is 83.0 cm³/mol. The van der Waals surface area contributed by atoms with E-state index in [-0.39, 0.29) is 24.4 Å². The summed E-state index contributed by atoms with van der Waals surface area (Å²) in [6.45, 7) is 0.928. The Labute approximate surface area is 136 Å². The number of aromatic amines is 1. The van der Waals surface area contributed by atoms with E-state index in [1.165, 1.54) is 24.4 Å². The Kier molecular flexibility index (Phi) is 4.57. The van der Waals surface area contributed by atoms with Gasteiger partial charge in [0.25, 0.3) is 5.56 Å². The minimum Gasteiger partial charge on any atom is -0.370 e. The van der Waals surface area contributed by atoms with Gasteiger partial charge in [-0.2, -0.15) is 0 Å². The summed E-state index contributed by atoms with van der Waals surface area (Å²) in [6.07, 6.45) is 0.951. The Morgan fingerprint density at radius 2 is 2.00 bits per heavy atom. The number of amides is 1. The first-order chi connectivity index (χ1) is 11.5. The summed E-state index contributed by atoms with van der Waals surface area (Å²) in [7, 11) is 0. The third-order valence-electron chi connectivity index (χ3n) is 3.86. The summed E-state index contributed by atoms with van der Waals surface area (Å²) in [5.41, 5.74) is -0.347. The number of hydrogen-bond donors (Lipinski definition) is 1. The average Bonchev–Trinajstić information content (AvgIpc) is 2.58. The molecule has 0 bridgehead atoms. The maximum absolute atomic E-state index is 13.0. The fourth-order valence-corrected chi connectivity index (χ4v) is 2.57. The van der Waals surface area contributed by atoms with Crippen LogP contribution in [0.5, 0.6) is 0 Å². The smallest absolute Gasteiger partial charge is 0.328 e. The number of nitrogens with zero attached hydrogens (tertiary/aromatic N) is 2. The molecule has 0 unspecified atom stereocenters. The minimum atomic E-state index is -0.626. The van der Waals surface area contributed by atoms with Crippen LogP contribution in [0.15, 0.2) is 46.1 Å². The Morgan fingerprint density at radius 3 is 2.71 bits per heavy atom. The summed E-state index contributed by atoms with van der Waals surface area (Å²) in [5.74, 6) is -0.584. The van der Waals surface area contributed by atoms with E-state index in [9.17, 15) is 18.8 Å². The highest BCUT2D eigenvalue weighted by Crippen LogP contribution is 2.22. The molecule has 24 heavy (non-hydrogen) atoms. The highest BCUT2D eigenvalue weighted by molar-refractivity contribution is 5.76. The Morgan fingerprint density at radius 1 is 1.25 bits per heavy atom. The number of morpholine rings is 1. The van der Waals surface area contributed by atoms with E-state index in [1.54, 1.807) is 17.0 Å². The van der Waals surface area contributed by atoms with Crippen LogP contribution in [0.2, 0.25) is 0 Å². The molecule has 0 aliphatic carbocycles. The molecule has 3 rings (SSSR count). The van der Waals surface area contributed by atoms with E-state index >= 15 is 0 Å². The number of carbonyl (C=O) groups is 1. The van der Waals surface area contributed by atoms with Gasteiger partial charge in [0.15, 0.2) is 0 Å². The lowest BCUT2D eigenvalue weighted by Gasteiger charge is -2.33. The molecule has 2 heterocycles. The van der Waals surface area contributed by atoms with Gasteiger partial charge < -0.3 is 9.64 Å². The molecule has 1 amide bonds. The maximum atomic E-state index is 13.0. The normalized spacial score (nSPS) is 17.7. The number of ether oxygens (including phenoxy) is 1. The second-order valence-corrected chi connectivity index (χ2v) is 5.49. The Balaban J connectivity index is 1.69. The molecule has 1 atom stereocenters. The number of hydrogen-bond acceptors (Lipinski definition) is 4. The van der Waals surface area contributed by atoms with Gasteiger partial charge in [-0.15, -0.1) is 0 Å². The van der Waals surface area contributed by atoms with Crippen LogP contribution in [0.1, 0.15) is 11.7 Å². The van der Waals surface area contributed by atoms with Crippen molar-refractivity contribution in [2.45, 2.75) is 12.6 Å². The monoisotopic (exact) mass is 333 g/mol. The van der Waals surface area contributed by atoms with Crippen LogP contribution >= 0.6 is 0 Å².